The molecule has 19 nitrogen and oxygen atoms in total. The standard InChI is InChI=1S/C30H44N10O9S/c1-50-10-8-19(26(45)40-22(29(48)49)12-23(32)41)37-27(46)20(11-15-14-36-18-7-3-2-5-16(15)18)39-28(47)21(13-24(42)43)38-25(44)17(31)6-4-9-35-30(33)34/h2-3,5,7,14,17,19-22,36H,4,6,8-13,31H2,1H3,(H2,32,41)(H,37,46)(H,38,44)(H,39,47)(H,40,45)(H,42,43)(H,48,49)(H4,33,34,35)/t17-,19-,20-,21-,22-/m0/s1. The number of para-hydroxylation sites is 1. The molecule has 0 aliphatic heterocycles. The number of amides is 5. The Morgan fingerprint density at radius 3 is 2.04 bits per heavy atom. The number of carbonyl (C=O) groups is 7. The number of carboxylic acids is 2. The summed E-state index contributed by atoms with van der Waals surface area (Å²) in [7, 11) is 0. The normalized spacial score (nSPS) is 13.9. The van der Waals surface area contributed by atoms with Crippen LogP contribution < -0.4 is 44.2 Å². The van der Waals surface area contributed by atoms with Crippen molar-refractivity contribution in [1.82, 2.24) is 26.3 Å². The minimum absolute atomic E-state index is 0.0359. The Bertz CT molecular complexity index is 1560. The van der Waals surface area contributed by atoms with E-state index in [-0.39, 0.29) is 31.8 Å². The predicted molar refractivity (Wildman–Crippen MR) is 184 cm³/mol. The topological polar surface area (TPSA) is 340 Å². The van der Waals surface area contributed by atoms with Gasteiger partial charge in [-0.1, -0.05) is 18.2 Å². The molecular formula is C30H44N10O9S. The summed E-state index contributed by atoms with van der Waals surface area (Å²) in [5.41, 5.74) is 22.9. The van der Waals surface area contributed by atoms with Crippen molar-refractivity contribution in [2.75, 3.05) is 18.6 Å². The average molecular weight is 721 g/mol. The van der Waals surface area contributed by atoms with Gasteiger partial charge in [0, 0.05) is 30.1 Å². The lowest BCUT2D eigenvalue weighted by Gasteiger charge is -2.26. The second kappa shape index (κ2) is 20.2. The summed E-state index contributed by atoms with van der Waals surface area (Å²) in [5.74, 6) is -7.35. The molecule has 1 aromatic heterocycles. The first-order chi connectivity index (χ1) is 23.6. The fourth-order valence-corrected chi connectivity index (χ4v) is 5.24. The van der Waals surface area contributed by atoms with Crippen molar-refractivity contribution in [2.45, 2.75) is 68.7 Å². The maximum Gasteiger partial charge on any atom is 0.326 e. The number of aliphatic carboxylic acids is 2. The molecule has 5 amide bonds. The molecule has 15 N–H and O–H groups in total. The van der Waals surface area contributed by atoms with Gasteiger partial charge in [-0.2, -0.15) is 11.8 Å². The Morgan fingerprint density at radius 2 is 1.42 bits per heavy atom. The Kier molecular flexibility index (Phi) is 16.5. The lowest BCUT2D eigenvalue weighted by molar-refractivity contribution is -0.143. The molecule has 0 aliphatic carbocycles. The van der Waals surface area contributed by atoms with Gasteiger partial charge in [-0.25, -0.2) is 4.79 Å². The third-order valence-corrected chi connectivity index (χ3v) is 7.96. The van der Waals surface area contributed by atoms with Crippen LogP contribution in [-0.2, 0) is 40.0 Å². The summed E-state index contributed by atoms with van der Waals surface area (Å²) in [5, 5.41) is 29.2. The predicted octanol–water partition coefficient (Wildman–Crippen LogP) is -2.78. The molecular weight excluding hydrogens is 676 g/mol. The number of fused-ring (bicyclic) bond motifs is 1. The molecule has 0 aliphatic rings. The van der Waals surface area contributed by atoms with E-state index in [1.165, 1.54) is 11.8 Å². The highest BCUT2D eigenvalue weighted by Gasteiger charge is 2.33. The maximum absolute atomic E-state index is 13.8. The molecule has 0 saturated heterocycles. The van der Waals surface area contributed by atoms with Gasteiger partial charge in [-0.05, 0) is 42.9 Å². The van der Waals surface area contributed by atoms with Crippen LogP contribution in [0, 0.1) is 0 Å². The van der Waals surface area contributed by atoms with Gasteiger partial charge in [0.2, 0.25) is 29.5 Å². The van der Waals surface area contributed by atoms with E-state index in [4.69, 9.17) is 22.9 Å². The van der Waals surface area contributed by atoms with Crippen molar-refractivity contribution in [3.8, 4) is 0 Å². The lowest BCUT2D eigenvalue weighted by Crippen LogP contribution is -2.59. The number of thioether (sulfide) groups is 1. The van der Waals surface area contributed by atoms with Gasteiger partial charge in [0.05, 0.1) is 18.9 Å². The Balaban J connectivity index is 2.36. The summed E-state index contributed by atoms with van der Waals surface area (Å²) in [6.45, 7) is 0.186. The van der Waals surface area contributed by atoms with Gasteiger partial charge in [0.15, 0.2) is 5.96 Å². The Labute approximate surface area is 291 Å². The smallest absolute Gasteiger partial charge is 0.326 e. The van der Waals surface area contributed by atoms with Crippen LogP contribution in [0.1, 0.15) is 37.7 Å². The number of nitrogens with two attached hydrogens (primary N) is 4. The van der Waals surface area contributed by atoms with E-state index in [1.54, 1.807) is 36.7 Å². The molecule has 2 rings (SSSR count). The summed E-state index contributed by atoms with van der Waals surface area (Å²) >= 11 is 1.34. The summed E-state index contributed by atoms with van der Waals surface area (Å²) in [4.78, 5) is 94.9. The van der Waals surface area contributed by atoms with Crippen LogP contribution in [0.15, 0.2) is 35.5 Å². The van der Waals surface area contributed by atoms with Crippen LogP contribution in [-0.4, -0.2) is 111 Å². The summed E-state index contributed by atoms with van der Waals surface area (Å²) in [6.07, 6.45) is 2.14. The van der Waals surface area contributed by atoms with Gasteiger partial charge < -0.3 is 59.4 Å². The maximum atomic E-state index is 13.8. The SMILES string of the molecule is CSCC[C@H](NC(=O)[C@H](Cc1c[nH]c2ccccc12)NC(=O)[C@H](CC(=O)O)NC(=O)[C@@H](N)CCCN=C(N)N)C(=O)N[C@@H](CC(N)=O)C(=O)O. The first-order valence-electron chi connectivity index (χ1n) is 15.4. The molecule has 0 fully saturated rings. The fraction of sp³-hybridized carbons (Fsp3) is 0.467. The van der Waals surface area contributed by atoms with Crippen molar-refractivity contribution in [2.24, 2.45) is 27.9 Å². The number of benzene rings is 1. The minimum atomic E-state index is -1.66. The molecule has 1 heterocycles. The van der Waals surface area contributed by atoms with E-state index in [0.29, 0.717) is 23.1 Å². The van der Waals surface area contributed by atoms with Crippen molar-refractivity contribution in [3.05, 3.63) is 36.0 Å². The fourth-order valence-electron chi connectivity index (χ4n) is 4.77. The van der Waals surface area contributed by atoms with Crippen molar-refractivity contribution >= 4 is 70.1 Å². The number of aromatic amines is 1. The van der Waals surface area contributed by atoms with Gasteiger partial charge in [-0.15, -0.1) is 0 Å². The largest absolute Gasteiger partial charge is 0.481 e. The van der Waals surface area contributed by atoms with Gasteiger partial charge in [0.1, 0.15) is 24.2 Å². The molecule has 0 bridgehead atoms. The molecule has 5 atom stereocenters. The van der Waals surface area contributed by atoms with Gasteiger partial charge in [-0.3, -0.25) is 33.8 Å². The van der Waals surface area contributed by atoms with Crippen LogP contribution in [0.25, 0.3) is 10.9 Å². The molecule has 20 heteroatoms. The third-order valence-electron chi connectivity index (χ3n) is 7.31. The zero-order valence-corrected chi connectivity index (χ0v) is 28.2. The number of H-pyrrole nitrogens is 1. The highest BCUT2D eigenvalue weighted by Crippen LogP contribution is 2.19. The van der Waals surface area contributed by atoms with Crippen LogP contribution in [0.5, 0.6) is 0 Å². The van der Waals surface area contributed by atoms with Crippen LogP contribution >= 0.6 is 11.8 Å². The Hall–Kier alpha value is -5.37. The highest BCUT2D eigenvalue weighted by atomic mass is 32.2. The van der Waals surface area contributed by atoms with Gasteiger partial charge >= 0.3 is 11.9 Å². The number of aliphatic imine (C=N–C) groups is 1. The second-order valence-corrected chi connectivity index (χ2v) is 12.2. The number of primary amides is 1. The number of hydrogen-bond acceptors (Lipinski definition) is 10. The monoisotopic (exact) mass is 720 g/mol. The first-order valence-corrected chi connectivity index (χ1v) is 16.8. The molecule has 2 aromatic rings. The van der Waals surface area contributed by atoms with Crippen molar-refractivity contribution in [1.29, 1.82) is 0 Å². The molecule has 0 radical (unpaired) electrons. The van der Waals surface area contributed by atoms with E-state index in [9.17, 15) is 43.8 Å². The summed E-state index contributed by atoms with van der Waals surface area (Å²) < 4.78 is 0. The molecule has 0 unspecified atom stereocenters. The van der Waals surface area contributed by atoms with Gasteiger partial charge in [0.25, 0.3) is 0 Å². The number of guanidine groups is 1. The van der Waals surface area contributed by atoms with Crippen LogP contribution in [0.2, 0.25) is 0 Å². The average Bonchev–Trinajstić information content (AvgIpc) is 3.45. The summed E-state index contributed by atoms with van der Waals surface area (Å²) in [6, 6.07) is -0.0579. The van der Waals surface area contributed by atoms with Crippen LogP contribution in [0.4, 0.5) is 0 Å². The van der Waals surface area contributed by atoms with E-state index in [1.807, 2.05) is 0 Å². The first kappa shape index (κ1) is 40.8. The minimum Gasteiger partial charge on any atom is -0.481 e. The van der Waals surface area contributed by atoms with E-state index in [2.05, 4.69) is 31.2 Å². The number of aromatic nitrogens is 1. The number of carbonyl (C=O) groups excluding carboxylic acids is 5. The zero-order valence-electron chi connectivity index (χ0n) is 27.3. The lowest BCUT2D eigenvalue weighted by atomic mass is 10.0. The van der Waals surface area contributed by atoms with E-state index >= 15 is 0 Å². The van der Waals surface area contributed by atoms with Crippen molar-refractivity contribution < 1.29 is 43.8 Å². The zero-order chi connectivity index (χ0) is 37.4. The number of rotatable bonds is 22. The van der Waals surface area contributed by atoms with Crippen molar-refractivity contribution in [3.63, 3.8) is 0 Å². The molecule has 1 aromatic carbocycles. The Morgan fingerprint density at radius 1 is 0.820 bits per heavy atom. The molecule has 274 valence electrons. The number of hydrogen-bond donors (Lipinski definition) is 11. The van der Waals surface area contributed by atoms with E-state index < -0.39 is 84.5 Å². The second-order valence-electron chi connectivity index (χ2n) is 11.3. The number of carboxylic acid groups (broad SMARTS) is 2. The number of nitrogens with zero attached hydrogens (tertiary/aromatic N) is 1. The quantitative estimate of drug-likeness (QED) is 0.0333. The molecule has 0 saturated carbocycles. The molecule has 0 spiro atoms. The van der Waals surface area contributed by atoms with Crippen LogP contribution in [0.3, 0.4) is 0 Å². The van der Waals surface area contributed by atoms with E-state index in [0.717, 1.165) is 5.52 Å². The number of nitrogens with one attached hydrogen (secondary N) is 5. The third kappa shape index (κ3) is 13.6. The highest BCUT2D eigenvalue weighted by molar-refractivity contribution is 7.98. The molecule has 50 heavy (non-hydrogen) atoms.